The number of hydrogen-bond acceptors (Lipinski definition) is 1. The van der Waals surface area contributed by atoms with E-state index in [2.05, 4.69) is 0 Å². The Morgan fingerprint density at radius 2 is 1.50 bits per heavy atom. The molecule has 0 fully saturated rings. The van der Waals surface area contributed by atoms with Gasteiger partial charge >= 0.3 is 3.98 Å². The van der Waals surface area contributed by atoms with Crippen LogP contribution in [0.2, 0.25) is 5.02 Å². The summed E-state index contributed by atoms with van der Waals surface area (Å²) in [5, 5.41) is 0.240. The molecule has 8 heteroatoms. The third-order valence-corrected chi connectivity index (χ3v) is 2.68. The lowest BCUT2D eigenvalue weighted by Crippen LogP contribution is -2.13. The molecule has 90 valence electrons. The summed E-state index contributed by atoms with van der Waals surface area (Å²) < 4.78 is 1.42. The van der Waals surface area contributed by atoms with Crippen molar-refractivity contribution in [3.05, 3.63) is 28.8 Å². The smallest absolute Gasteiger partial charge is 0.338 e. The summed E-state index contributed by atoms with van der Waals surface area (Å²) in [6.07, 6.45) is 0. The second-order valence-electron chi connectivity index (χ2n) is 2.69. The first kappa shape index (κ1) is 15.1. The van der Waals surface area contributed by atoms with Crippen LogP contribution in [0, 0.1) is 0 Å². The lowest BCUT2D eigenvalue weighted by atomic mass is 10.2. The van der Waals surface area contributed by atoms with E-state index in [1.54, 1.807) is 0 Å². The Labute approximate surface area is 127 Å². The minimum absolute atomic E-state index is 0.116. The Balaban J connectivity index is 3.10. The summed E-state index contributed by atoms with van der Waals surface area (Å²) in [4.78, 5) is 0. The monoisotopic (exact) mass is 360 g/mol. The van der Waals surface area contributed by atoms with Gasteiger partial charge in [-0.3, -0.25) is 0 Å². The average molecular weight is 363 g/mol. The average Bonchev–Trinajstić information content (AvgIpc) is 2.04. The van der Waals surface area contributed by atoms with Gasteiger partial charge in [0.25, 0.3) is 0 Å². The highest BCUT2D eigenvalue weighted by Crippen LogP contribution is 2.42. The van der Waals surface area contributed by atoms with E-state index < -0.39 is 7.77 Å². The number of hydrogen-bond donors (Lipinski definition) is 0. The number of alkyl halides is 6. The number of halogens is 7. The van der Waals surface area contributed by atoms with Gasteiger partial charge in [-0.25, -0.2) is 0 Å². The van der Waals surface area contributed by atoms with Crippen LogP contribution >= 0.6 is 81.2 Å². The predicted octanol–water partition coefficient (Wildman–Crippen LogP) is 5.87. The van der Waals surface area contributed by atoms with E-state index in [-0.39, 0.29) is 10.8 Å². The van der Waals surface area contributed by atoms with Crippen molar-refractivity contribution in [2.45, 2.75) is 7.77 Å². The van der Waals surface area contributed by atoms with Crippen LogP contribution < -0.4 is 4.74 Å². The molecule has 0 saturated heterocycles. The molecule has 0 aliphatic heterocycles. The topological polar surface area (TPSA) is 9.23 Å². The van der Waals surface area contributed by atoms with Gasteiger partial charge in [0.1, 0.15) is 5.75 Å². The lowest BCUT2D eigenvalue weighted by molar-refractivity contribution is 0.320. The van der Waals surface area contributed by atoms with Crippen LogP contribution in [0.3, 0.4) is 0 Å². The normalized spacial score (nSPS) is 12.7. The minimum Gasteiger partial charge on any atom is -0.444 e. The number of ether oxygens (including phenoxy) is 1. The van der Waals surface area contributed by atoms with Gasteiger partial charge < -0.3 is 4.74 Å². The zero-order valence-corrected chi connectivity index (χ0v) is 12.6. The van der Waals surface area contributed by atoms with Crippen molar-refractivity contribution < 1.29 is 4.74 Å². The third kappa shape index (κ3) is 4.73. The van der Waals surface area contributed by atoms with Gasteiger partial charge in [-0.05, 0) is 46.9 Å². The molecule has 1 rings (SSSR count). The van der Waals surface area contributed by atoms with Crippen molar-refractivity contribution in [3.8, 4) is 5.75 Å². The predicted molar refractivity (Wildman–Crippen MR) is 71.6 cm³/mol. The molecule has 1 aromatic rings. The second kappa shape index (κ2) is 5.36. The van der Waals surface area contributed by atoms with Crippen LogP contribution in [0.5, 0.6) is 5.75 Å². The maximum absolute atomic E-state index is 5.82. The molecule has 1 nitrogen and oxygen atoms in total. The fourth-order valence-corrected chi connectivity index (χ4v) is 1.64. The van der Waals surface area contributed by atoms with Crippen LogP contribution in [0.25, 0.3) is 0 Å². The first-order valence-electron chi connectivity index (χ1n) is 3.72. The molecule has 0 spiro atoms. The molecular formula is C8H3Cl7O. The number of benzene rings is 1. The van der Waals surface area contributed by atoms with E-state index in [1.165, 1.54) is 18.2 Å². The largest absolute Gasteiger partial charge is 0.444 e. The van der Waals surface area contributed by atoms with Crippen LogP contribution in [-0.4, -0.2) is 3.98 Å². The molecule has 0 atom stereocenters. The Kier molecular flexibility index (Phi) is 5.06. The third-order valence-electron chi connectivity index (χ3n) is 1.48. The number of rotatable bonds is 1. The van der Waals surface area contributed by atoms with Gasteiger partial charge in [-0.1, -0.05) is 52.5 Å². The van der Waals surface area contributed by atoms with E-state index in [0.717, 1.165) is 0 Å². The molecule has 0 saturated carbocycles. The van der Waals surface area contributed by atoms with E-state index in [0.29, 0.717) is 5.56 Å². The van der Waals surface area contributed by atoms with Gasteiger partial charge in [0.15, 0.2) is 0 Å². The highest BCUT2D eigenvalue weighted by molar-refractivity contribution is 6.67. The van der Waals surface area contributed by atoms with Gasteiger partial charge in [-0.2, -0.15) is 0 Å². The fraction of sp³-hybridized carbons (Fsp3) is 0.250. The van der Waals surface area contributed by atoms with Crippen LogP contribution in [-0.2, 0) is 3.79 Å². The van der Waals surface area contributed by atoms with Gasteiger partial charge in [0, 0.05) is 5.56 Å². The van der Waals surface area contributed by atoms with Crippen molar-refractivity contribution in [2.24, 2.45) is 0 Å². The molecule has 0 aromatic heterocycles. The van der Waals surface area contributed by atoms with E-state index in [1.807, 2.05) is 0 Å². The van der Waals surface area contributed by atoms with Gasteiger partial charge in [0.2, 0.25) is 3.79 Å². The SMILES string of the molecule is Clc1ccc(C(Cl)(Cl)Cl)cc1OC(Cl)(Cl)Cl. The summed E-state index contributed by atoms with van der Waals surface area (Å²) in [7, 11) is 0. The zero-order chi connectivity index (χ0) is 12.6. The molecule has 0 aliphatic rings. The first-order chi connectivity index (χ1) is 7.09. The highest BCUT2D eigenvalue weighted by Gasteiger charge is 2.27. The van der Waals surface area contributed by atoms with Gasteiger partial charge in [-0.15, -0.1) is 0 Å². The molecule has 16 heavy (non-hydrogen) atoms. The summed E-state index contributed by atoms with van der Waals surface area (Å²) in [5.74, 6) is 0.116. The first-order valence-corrected chi connectivity index (χ1v) is 6.36. The zero-order valence-electron chi connectivity index (χ0n) is 7.29. The van der Waals surface area contributed by atoms with Crippen LogP contribution in [0.15, 0.2) is 18.2 Å². The molecule has 0 aliphatic carbocycles. The maximum Gasteiger partial charge on any atom is 0.338 e. The minimum atomic E-state index is -1.93. The van der Waals surface area contributed by atoms with Crippen LogP contribution in [0.1, 0.15) is 5.56 Å². The summed E-state index contributed by atoms with van der Waals surface area (Å²) in [6, 6.07) is 4.39. The van der Waals surface area contributed by atoms with E-state index >= 15 is 0 Å². The molecule has 0 N–H and O–H groups in total. The van der Waals surface area contributed by atoms with Crippen molar-refractivity contribution in [3.63, 3.8) is 0 Å². The highest BCUT2D eigenvalue weighted by atomic mass is 35.6. The van der Waals surface area contributed by atoms with Crippen LogP contribution in [0.4, 0.5) is 0 Å². The Bertz CT molecular complexity index is 379. The molecule has 0 heterocycles. The molecule has 1 aromatic carbocycles. The molecule has 0 amide bonds. The van der Waals surface area contributed by atoms with Crippen molar-refractivity contribution in [1.29, 1.82) is 0 Å². The fourth-order valence-electron chi connectivity index (χ4n) is 0.883. The maximum atomic E-state index is 5.82. The van der Waals surface area contributed by atoms with Crippen molar-refractivity contribution in [1.82, 2.24) is 0 Å². The Morgan fingerprint density at radius 3 is 1.94 bits per heavy atom. The molecule has 0 bridgehead atoms. The van der Waals surface area contributed by atoms with Gasteiger partial charge in [0.05, 0.1) is 5.02 Å². The molecular weight excluding hydrogens is 360 g/mol. The molecule has 0 unspecified atom stereocenters. The lowest BCUT2D eigenvalue weighted by Gasteiger charge is -2.17. The Hall–Kier alpha value is 1.05. The van der Waals surface area contributed by atoms with Crippen molar-refractivity contribution in [2.75, 3.05) is 0 Å². The van der Waals surface area contributed by atoms with Crippen molar-refractivity contribution >= 4 is 81.2 Å². The Morgan fingerprint density at radius 1 is 0.938 bits per heavy atom. The molecule has 0 radical (unpaired) electrons. The summed E-state index contributed by atoms with van der Waals surface area (Å²) in [6.45, 7) is 0. The summed E-state index contributed by atoms with van der Waals surface area (Å²) >= 11 is 39.3. The quantitative estimate of drug-likeness (QED) is 0.567. The standard InChI is InChI=1S/C8H3Cl7O/c9-5-2-1-4(7(10,11)12)3-6(5)16-8(13,14)15/h1-3H. The summed E-state index contributed by atoms with van der Waals surface area (Å²) in [5.41, 5.74) is 0.353. The van der Waals surface area contributed by atoms with E-state index in [9.17, 15) is 0 Å². The second-order valence-corrected chi connectivity index (χ2v) is 7.56. The van der Waals surface area contributed by atoms with E-state index in [4.69, 9.17) is 85.9 Å².